The van der Waals surface area contributed by atoms with E-state index in [1.807, 2.05) is 37.3 Å². The summed E-state index contributed by atoms with van der Waals surface area (Å²) >= 11 is 1.35. The van der Waals surface area contributed by atoms with Crippen LogP contribution < -0.4 is 10.6 Å². The van der Waals surface area contributed by atoms with Gasteiger partial charge in [0.1, 0.15) is 11.3 Å². The van der Waals surface area contributed by atoms with Crippen molar-refractivity contribution in [2.45, 2.75) is 45.1 Å². The molecular weight excluding hydrogens is 456 g/mol. The predicted molar refractivity (Wildman–Crippen MR) is 127 cm³/mol. The van der Waals surface area contributed by atoms with E-state index < -0.39 is 12.0 Å². The number of carboxylic acid groups (broad SMARTS) is 1. The van der Waals surface area contributed by atoms with Crippen molar-refractivity contribution in [3.63, 3.8) is 0 Å². The zero-order valence-corrected chi connectivity index (χ0v) is 19.7. The van der Waals surface area contributed by atoms with Crippen LogP contribution in [-0.4, -0.2) is 35.7 Å². The third kappa shape index (κ3) is 5.77. The quantitative estimate of drug-likeness (QED) is 0.520. The Kier molecular flexibility index (Phi) is 7.52. The first-order valence-corrected chi connectivity index (χ1v) is 12.2. The molecule has 1 fully saturated rings. The average molecular weight is 485 g/mol. The van der Waals surface area contributed by atoms with Gasteiger partial charge in [-0.25, -0.2) is 0 Å². The first-order valence-electron chi connectivity index (χ1n) is 11.3. The Morgan fingerprint density at radius 1 is 1.12 bits per heavy atom. The van der Waals surface area contributed by atoms with Crippen LogP contribution in [0.5, 0.6) is 0 Å². The summed E-state index contributed by atoms with van der Waals surface area (Å²) in [6.07, 6.45) is 4.08. The number of hydrogen-bond donors (Lipinski definition) is 3. The molecule has 4 rings (SSSR count). The van der Waals surface area contributed by atoms with Gasteiger partial charge in [0.2, 0.25) is 12.7 Å². The third-order valence-electron chi connectivity index (χ3n) is 6.21. The van der Waals surface area contributed by atoms with Gasteiger partial charge in [0.05, 0.1) is 17.5 Å². The molecule has 180 valence electrons. The van der Waals surface area contributed by atoms with Crippen LogP contribution in [0.2, 0.25) is 0 Å². The van der Waals surface area contributed by atoms with Crippen molar-refractivity contribution in [1.82, 2.24) is 5.32 Å². The minimum Gasteiger partial charge on any atom is -0.481 e. The Labute approximate surface area is 202 Å². The maximum atomic E-state index is 13.3. The molecule has 1 aromatic heterocycles. The molecule has 0 spiro atoms. The maximum absolute atomic E-state index is 13.3. The summed E-state index contributed by atoms with van der Waals surface area (Å²) in [5.74, 6) is -1.38. The van der Waals surface area contributed by atoms with Crippen molar-refractivity contribution < 1.29 is 29.0 Å². The van der Waals surface area contributed by atoms with Crippen LogP contribution in [0.15, 0.2) is 48.4 Å². The Bertz CT molecular complexity index is 1070. The van der Waals surface area contributed by atoms with E-state index in [9.17, 15) is 19.5 Å². The lowest BCUT2D eigenvalue weighted by atomic mass is 9.81. The lowest BCUT2D eigenvalue weighted by molar-refractivity contribution is -0.143. The second-order valence-corrected chi connectivity index (χ2v) is 9.90. The highest BCUT2D eigenvalue weighted by molar-refractivity contribution is 7.16. The lowest BCUT2D eigenvalue weighted by Gasteiger charge is -2.25. The van der Waals surface area contributed by atoms with Gasteiger partial charge >= 0.3 is 5.97 Å². The van der Waals surface area contributed by atoms with Gasteiger partial charge in [0, 0.05) is 17.2 Å². The zero-order chi connectivity index (χ0) is 24.1. The molecule has 8 nitrogen and oxygen atoms in total. The molecule has 0 bridgehead atoms. The molecular formula is C25H28N2O6S. The largest absolute Gasteiger partial charge is 0.481 e. The Morgan fingerprint density at radius 2 is 1.82 bits per heavy atom. The van der Waals surface area contributed by atoms with Crippen molar-refractivity contribution in [2.24, 2.45) is 11.8 Å². The number of anilines is 1. The number of carbonyl (C=O) groups is 3. The first kappa shape index (κ1) is 23.8. The van der Waals surface area contributed by atoms with Gasteiger partial charge in [-0.1, -0.05) is 30.3 Å². The minimum atomic E-state index is -0.802. The summed E-state index contributed by atoms with van der Waals surface area (Å²) in [6.45, 7) is 1.99. The lowest BCUT2D eigenvalue weighted by Crippen LogP contribution is -2.38. The van der Waals surface area contributed by atoms with Crippen LogP contribution in [0.4, 0.5) is 5.00 Å². The smallest absolute Gasteiger partial charge is 0.306 e. The number of thiophene rings is 1. The van der Waals surface area contributed by atoms with Gasteiger partial charge in [0.25, 0.3) is 5.91 Å². The Morgan fingerprint density at radius 3 is 2.47 bits per heavy atom. The number of benzene rings is 1. The summed E-state index contributed by atoms with van der Waals surface area (Å²) in [4.78, 5) is 38.2. The van der Waals surface area contributed by atoms with Crippen molar-refractivity contribution in [1.29, 1.82) is 0 Å². The molecule has 1 aromatic carbocycles. The van der Waals surface area contributed by atoms with Crippen LogP contribution >= 0.6 is 11.3 Å². The molecule has 2 aliphatic rings. The highest BCUT2D eigenvalue weighted by Gasteiger charge is 2.31. The number of ether oxygens (including phenoxy) is 2. The van der Waals surface area contributed by atoms with E-state index in [4.69, 9.17) is 9.47 Å². The van der Waals surface area contributed by atoms with E-state index in [0.29, 0.717) is 48.4 Å². The SMILES string of the molecule is Cc1cc(C(=O)NC(Cc2ccccc2)C2=COCO2)c(NC(=O)C2CCC(C(=O)O)CC2)s1. The number of carbonyl (C=O) groups excluding carboxylic acids is 2. The van der Waals surface area contributed by atoms with Gasteiger partial charge in [0.15, 0.2) is 5.76 Å². The molecule has 2 aromatic rings. The fourth-order valence-corrected chi connectivity index (χ4v) is 5.25. The number of amides is 2. The maximum Gasteiger partial charge on any atom is 0.306 e. The highest BCUT2D eigenvalue weighted by Crippen LogP contribution is 2.33. The molecule has 9 heteroatoms. The predicted octanol–water partition coefficient (Wildman–Crippen LogP) is 4.07. The zero-order valence-electron chi connectivity index (χ0n) is 18.9. The molecule has 1 aliphatic carbocycles. The Hall–Kier alpha value is -3.33. The van der Waals surface area contributed by atoms with Crippen molar-refractivity contribution >= 4 is 34.1 Å². The third-order valence-corrected chi connectivity index (χ3v) is 7.17. The van der Waals surface area contributed by atoms with E-state index in [1.165, 1.54) is 17.6 Å². The highest BCUT2D eigenvalue weighted by atomic mass is 32.1. The topological polar surface area (TPSA) is 114 Å². The molecule has 3 N–H and O–H groups in total. The van der Waals surface area contributed by atoms with Gasteiger partial charge < -0.3 is 25.2 Å². The number of aliphatic carboxylic acids is 1. The van der Waals surface area contributed by atoms with E-state index >= 15 is 0 Å². The van der Waals surface area contributed by atoms with Crippen molar-refractivity contribution in [2.75, 3.05) is 12.1 Å². The molecule has 1 atom stereocenters. The summed E-state index contributed by atoms with van der Waals surface area (Å²) in [6, 6.07) is 11.1. The molecule has 2 amide bonds. The summed E-state index contributed by atoms with van der Waals surface area (Å²) in [5.41, 5.74) is 1.43. The fourth-order valence-electron chi connectivity index (χ4n) is 4.34. The van der Waals surface area contributed by atoms with E-state index in [2.05, 4.69) is 10.6 Å². The van der Waals surface area contributed by atoms with Crippen LogP contribution in [0.3, 0.4) is 0 Å². The van der Waals surface area contributed by atoms with Crippen molar-refractivity contribution in [3.8, 4) is 0 Å². The number of hydrogen-bond acceptors (Lipinski definition) is 6. The Balaban J connectivity index is 1.45. The number of aryl methyl sites for hydroxylation is 1. The van der Waals surface area contributed by atoms with Crippen LogP contribution in [0, 0.1) is 18.8 Å². The average Bonchev–Trinajstić information content (AvgIpc) is 3.49. The van der Waals surface area contributed by atoms with E-state index in [0.717, 1.165) is 10.4 Å². The molecule has 2 heterocycles. The number of carboxylic acids is 1. The minimum absolute atomic E-state index is 0.111. The second-order valence-electron chi connectivity index (χ2n) is 8.64. The van der Waals surface area contributed by atoms with Gasteiger partial charge in [-0.05, 0) is 44.2 Å². The summed E-state index contributed by atoms with van der Waals surface area (Å²) in [5, 5.41) is 15.6. The molecule has 0 radical (unpaired) electrons. The standard InChI is InChI=1S/C25H28N2O6S/c1-15-11-19(24(34-15)27-22(28)17-7-9-18(10-8-17)25(30)31)23(29)26-20(21-13-32-14-33-21)12-16-5-3-2-4-6-16/h2-6,11,13,17-18,20H,7-10,12,14H2,1H3,(H,26,29)(H,27,28)(H,30,31). The van der Waals surface area contributed by atoms with Crippen LogP contribution in [0.1, 0.15) is 46.5 Å². The number of nitrogens with one attached hydrogen (secondary N) is 2. The number of rotatable bonds is 8. The molecule has 1 saturated carbocycles. The van der Waals surface area contributed by atoms with Gasteiger partial charge in [-0.3, -0.25) is 14.4 Å². The molecule has 1 aliphatic heterocycles. The van der Waals surface area contributed by atoms with Gasteiger partial charge in [-0.15, -0.1) is 11.3 Å². The monoisotopic (exact) mass is 484 g/mol. The van der Waals surface area contributed by atoms with E-state index in [1.54, 1.807) is 6.07 Å². The summed E-state index contributed by atoms with van der Waals surface area (Å²) < 4.78 is 10.7. The van der Waals surface area contributed by atoms with Crippen molar-refractivity contribution in [3.05, 3.63) is 64.4 Å². The second kappa shape index (κ2) is 10.7. The van der Waals surface area contributed by atoms with Crippen LogP contribution in [0.25, 0.3) is 0 Å². The normalized spacial score (nSPS) is 20.4. The fraction of sp³-hybridized carbons (Fsp3) is 0.400. The molecule has 34 heavy (non-hydrogen) atoms. The molecule has 1 unspecified atom stereocenters. The first-order chi connectivity index (χ1) is 16.4. The van der Waals surface area contributed by atoms with Crippen LogP contribution in [-0.2, 0) is 25.5 Å². The van der Waals surface area contributed by atoms with Gasteiger partial charge in [-0.2, -0.15) is 0 Å². The van der Waals surface area contributed by atoms with E-state index in [-0.39, 0.29) is 30.4 Å². The molecule has 0 saturated heterocycles. The summed E-state index contributed by atoms with van der Waals surface area (Å²) in [7, 11) is 0.